The minimum atomic E-state index is -3.72. The monoisotopic (exact) mass is 516 g/mol. The van der Waals surface area contributed by atoms with Gasteiger partial charge >= 0.3 is 6.11 Å². The van der Waals surface area contributed by atoms with Crippen molar-refractivity contribution in [2.24, 2.45) is 0 Å². The number of nitrogens with zero attached hydrogens (tertiary/aromatic N) is 2. The molecule has 2 unspecified atom stereocenters. The summed E-state index contributed by atoms with van der Waals surface area (Å²) in [5.74, 6) is 5.07. The van der Waals surface area contributed by atoms with Gasteiger partial charge in [-0.1, -0.05) is 12.0 Å². The highest BCUT2D eigenvalue weighted by Crippen LogP contribution is 2.34. The second kappa shape index (κ2) is 12.3. The van der Waals surface area contributed by atoms with E-state index in [4.69, 9.17) is 4.74 Å². The fourth-order valence-electron chi connectivity index (χ4n) is 3.11. The Morgan fingerprint density at radius 3 is 2.60 bits per heavy atom. The molecule has 1 saturated carbocycles. The summed E-state index contributed by atoms with van der Waals surface area (Å²) in [5.41, 5.74) is -0.119. The summed E-state index contributed by atoms with van der Waals surface area (Å²) >= 11 is 2.86. The molecule has 0 spiro atoms. The quantitative estimate of drug-likeness (QED) is 0.323. The third kappa shape index (κ3) is 7.86. The number of rotatable bonds is 12. The maximum atomic E-state index is 15.2. The molecule has 1 heterocycles. The second-order valence-electron chi connectivity index (χ2n) is 7.91. The van der Waals surface area contributed by atoms with Gasteiger partial charge in [0.05, 0.1) is 17.8 Å². The molecule has 1 aromatic heterocycles. The number of hydrogen-bond acceptors (Lipinski definition) is 7. The van der Waals surface area contributed by atoms with Crippen LogP contribution in [0.1, 0.15) is 25.5 Å². The fourth-order valence-corrected chi connectivity index (χ4v) is 4.49. The van der Waals surface area contributed by atoms with Crippen molar-refractivity contribution in [2.45, 2.75) is 54.1 Å². The van der Waals surface area contributed by atoms with Gasteiger partial charge in [-0.15, -0.1) is 17.7 Å². The van der Waals surface area contributed by atoms with E-state index in [1.165, 1.54) is 42.6 Å². The normalized spacial score (nSPS) is 15.6. The number of pyridine rings is 1. The zero-order chi connectivity index (χ0) is 25.3. The molecule has 2 N–H and O–H groups in total. The van der Waals surface area contributed by atoms with Crippen LogP contribution in [0.3, 0.4) is 0 Å². The van der Waals surface area contributed by atoms with Crippen LogP contribution in [0.2, 0.25) is 0 Å². The lowest BCUT2D eigenvalue weighted by Gasteiger charge is -2.28. The lowest BCUT2D eigenvalue weighted by Crippen LogP contribution is -2.58. The highest BCUT2D eigenvalue weighted by molar-refractivity contribution is 7.98. The number of carbonyl (C=O) groups excluding carboxylic acids is 1. The molecule has 1 fully saturated rings. The molecule has 0 bridgehead atoms. The molecule has 2 aromatic rings. The first-order chi connectivity index (χ1) is 16.8. The van der Waals surface area contributed by atoms with Crippen LogP contribution in [0.4, 0.5) is 8.78 Å². The molecule has 0 aliphatic heterocycles. The first-order valence-corrected chi connectivity index (χ1v) is 13.3. The van der Waals surface area contributed by atoms with Gasteiger partial charge in [0.15, 0.2) is 6.04 Å². The van der Waals surface area contributed by atoms with E-state index in [1.807, 2.05) is 18.4 Å². The first kappa shape index (κ1) is 26.8. The molecule has 35 heavy (non-hydrogen) atoms. The highest BCUT2D eigenvalue weighted by Gasteiger charge is 2.47. The minimum absolute atomic E-state index is 0.00977. The van der Waals surface area contributed by atoms with Crippen molar-refractivity contribution in [1.82, 2.24) is 15.6 Å². The van der Waals surface area contributed by atoms with Crippen molar-refractivity contribution in [3.63, 3.8) is 0 Å². The summed E-state index contributed by atoms with van der Waals surface area (Å²) in [5, 5.41) is 14.7. The van der Waals surface area contributed by atoms with Crippen LogP contribution in [0.5, 0.6) is 5.75 Å². The van der Waals surface area contributed by atoms with Crippen molar-refractivity contribution < 1.29 is 18.3 Å². The summed E-state index contributed by atoms with van der Waals surface area (Å²) in [6.45, 7) is 1.44. The highest BCUT2D eigenvalue weighted by atomic mass is 32.2. The number of alkyl halides is 2. The van der Waals surface area contributed by atoms with Gasteiger partial charge in [0, 0.05) is 22.6 Å². The third-order valence-corrected chi connectivity index (χ3v) is 7.02. The zero-order valence-corrected chi connectivity index (χ0v) is 21.0. The Kier molecular flexibility index (Phi) is 9.39. The number of halogens is 2. The standard InChI is InChI=1S/C25H26F2N4O2S2/c1-3-6-22(25(26,27)33-19-8-10-20(34-2)11-9-19)30-21(23(32)31-24(17-28)12-13-24)16-35-15-18-7-4-5-14-29-18/h4-5,7-11,14,21-22,30H,12-13,15-16H2,1-2H3,(H,31,32). The van der Waals surface area contributed by atoms with Crippen LogP contribution in [0.15, 0.2) is 53.6 Å². The Morgan fingerprint density at radius 2 is 2.03 bits per heavy atom. The van der Waals surface area contributed by atoms with Crippen LogP contribution in [0, 0.1) is 23.2 Å². The van der Waals surface area contributed by atoms with Crippen LogP contribution in [0.25, 0.3) is 0 Å². The Hall–Kier alpha value is -2.79. The number of aromatic nitrogens is 1. The number of carbonyl (C=O) groups is 1. The van der Waals surface area contributed by atoms with Crippen LogP contribution in [-0.4, -0.2) is 46.6 Å². The van der Waals surface area contributed by atoms with E-state index >= 15 is 8.78 Å². The molecule has 0 saturated heterocycles. The zero-order valence-electron chi connectivity index (χ0n) is 19.4. The summed E-state index contributed by atoms with van der Waals surface area (Å²) in [4.78, 5) is 18.2. The average molecular weight is 517 g/mol. The maximum Gasteiger partial charge on any atom is 0.425 e. The lowest BCUT2D eigenvalue weighted by atomic mass is 10.2. The maximum absolute atomic E-state index is 15.2. The smallest absolute Gasteiger partial charge is 0.425 e. The minimum Gasteiger partial charge on any atom is -0.431 e. The van der Waals surface area contributed by atoms with E-state index in [2.05, 4.69) is 33.5 Å². The number of nitriles is 1. The van der Waals surface area contributed by atoms with E-state index in [0.717, 1.165) is 10.6 Å². The van der Waals surface area contributed by atoms with E-state index in [1.54, 1.807) is 24.4 Å². The molecule has 184 valence electrons. The molecule has 1 aliphatic rings. The van der Waals surface area contributed by atoms with Gasteiger partial charge in [0.25, 0.3) is 0 Å². The summed E-state index contributed by atoms with van der Waals surface area (Å²) < 4.78 is 35.4. The van der Waals surface area contributed by atoms with Gasteiger partial charge in [-0.25, -0.2) is 0 Å². The molecule has 1 aromatic carbocycles. The van der Waals surface area contributed by atoms with Crippen molar-refractivity contribution in [2.75, 3.05) is 12.0 Å². The Bertz CT molecular complexity index is 1090. The number of ether oxygens (including phenoxy) is 1. The summed E-state index contributed by atoms with van der Waals surface area (Å²) in [6, 6.07) is 11.1. The van der Waals surface area contributed by atoms with Crippen LogP contribution < -0.4 is 15.4 Å². The first-order valence-electron chi connectivity index (χ1n) is 10.9. The summed E-state index contributed by atoms with van der Waals surface area (Å²) in [6.07, 6.45) is 0.897. The van der Waals surface area contributed by atoms with Gasteiger partial charge in [0.1, 0.15) is 11.3 Å². The van der Waals surface area contributed by atoms with E-state index < -0.39 is 29.6 Å². The average Bonchev–Trinajstić information content (AvgIpc) is 3.63. The predicted octanol–water partition coefficient (Wildman–Crippen LogP) is 4.23. The van der Waals surface area contributed by atoms with E-state index in [0.29, 0.717) is 18.6 Å². The SMILES string of the molecule is CC#CC(NC(CSCc1ccccn1)C(=O)NC1(C#N)CC1)C(F)(F)Oc1ccc(SC)cc1. The van der Waals surface area contributed by atoms with Crippen LogP contribution in [-0.2, 0) is 10.5 Å². The molecular formula is C25H26F2N4O2S2. The Morgan fingerprint density at radius 1 is 1.29 bits per heavy atom. The van der Waals surface area contributed by atoms with Gasteiger partial charge in [0.2, 0.25) is 5.91 Å². The molecule has 2 atom stereocenters. The van der Waals surface area contributed by atoms with E-state index in [9.17, 15) is 10.1 Å². The number of thioether (sulfide) groups is 2. The van der Waals surface area contributed by atoms with Crippen molar-refractivity contribution in [3.05, 3.63) is 54.4 Å². The lowest BCUT2D eigenvalue weighted by molar-refractivity contribution is -0.188. The second-order valence-corrected chi connectivity index (χ2v) is 9.82. The molecule has 3 rings (SSSR count). The van der Waals surface area contributed by atoms with Crippen molar-refractivity contribution in [1.29, 1.82) is 5.26 Å². The number of amides is 1. The predicted molar refractivity (Wildman–Crippen MR) is 134 cm³/mol. The van der Waals surface area contributed by atoms with E-state index in [-0.39, 0.29) is 11.5 Å². The van der Waals surface area contributed by atoms with Gasteiger partial charge < -0.3 is 10.1 Å². The molecule has 10 heteroatoms. The van der Waals surface area contributed by atoms with Crippen molar-refractivity contribution in [3.8, 4) is 23.7 Å². The molecule has 0 radical (unpaired) electrons. The van der Waals surface area contributed by atoms with Gasteiger partial charge in [-0.2, -0.15) is 25.8 Å². The third-order valence-electron chi connectivity index (χ3n) is 5.21. The Labute approximate surface area is 212 Å². The number of benzene rings is 1. The largest absolute Gasteiger partial charge is 0.431 e. The Balaban J connectivity index is 1.74. The molecule has 1 aliphatic carbocycles. The van der Waals surface area contributed by atoms with Crippen LogP contribution >= 0.6 is 23.5 Å². The van der Waals surface area contributed by atoms with Gasteiger partial charge in [-0.3, -0.25) is 15.1 Å². The van der Waals surface area contributed by atoms with Crippen molar-refractivity contribution >= 4 is 29.4 Å². The molecule has 6 nitrogen and oxygen atoms in total. The number of hydrogen-bond donors (Lipinski definition) is 2. The number of nitrogens with one attached hydrogen (secondary N) is 2. The fraction of sp³-hybridized carbons (Fsp3) is 0.400. The molecule has 1 amide bonds. The van der Waals surface area contributed by atoms with Gasteiger partial charge in [-0.05, 0) is 62.4 Å². The molecular weight excluding hydrogens is 490 g/mol. The summed E-state index contributed by atoms with van der Waals surface area (Å²) in [7, 11) is 0. The topological polar surface area (TPSA) is 87.0 Å².